The second-order valence-electron chi connectivity index (χ2n) is 5.97. The van der Waals surface area contributed by atoms with Gasteiger partial charge in [-0.1, -0.05) is 18.2 Å². The van der Waals surface area contributed by atoms with Gasteiger partial charge in [-0.25, -0.2) is 8.42 Å². The predicted octanol–water partition coefficient (Wildman–Crippen LogP) is 3.19. The average molecular weight is 404 g/mol. The van der Waals surface area contributed by atoms with Gasteiger partial charge in [0.25, 0.3) is 11.6 Å². The minimum Gasteiger partial charge on any atom is -0.352 e. The SMILES string of the molecule is CS(=O)(=O)c1ccc(C(=O)NCCc2csc3ccccc23)cc1[N+](=O)[O-]. The Morgan fingerprint density at radius 1 is 1.22 bits per heavy atom. The molecule has 1 heterocycles. The van der Waals surface area contributed by atoms with Crippen molar-refractivity contribution in [2.75, 3.05) is 12.8 Å². The van der Waals surface area contributed by atoms with Gasteiger partial charge < -0.3 is 5.32 Å². The minimum atomic E-state index is -3.76. The van der Waals surface area contributed by atoms with E-state index in [-0.39, 0.29) is 5.56 Å². The normalized spacial score (nSPS) is 11.4. The lowest BCUT2D eigenvalue weighted by Gasteiger charge is -2.07. The molecule has 0 atom stereocenters. The smallest absolute Gasteiger partial charge is 0.288 e. The molecule has 140 valence electrons. The zero-order valence-electron chi connectivity index (χ0n) is 14.3. The number of carbonyl (C=O) groups excluding carboxylic acids is 1. The Labute approximate surface area is 159 Å². The number of hydrogen-bond acceptors (Lipinski definition) is 6. The van der Waals surface area contributed by atoms with Crippen LogP contribution in [0.1, 0.15) is 15.9 Å². The number of nitro groups is 1. The highest BCUT2D eigenvalue weighted by Crippen LogP contribution is 2.26. The molecule has 1 aromatic heterocycles. The first-order valence-corrected chi connectivity index (χ1v) is 10.8. The van der Waals surface area contributed by atoms with Crippen LogP contribution in [0.25, 0.3) is 10.1 Å². The molecule has 0 fully saturated rings. The number of carbonyl (C=O) groups is 1. The number of rotatable bonds is 6. The molecule has 0 radical (unpaired) electrons. The first-order valence-electron chi connectivity index (χ1n) is 7.99. The zero-order chi connectivity index (χ0) is 19.6. The highest BCUT2D eigenvalue weighted by molar-refractivity contribution is 7.90. The molecule has 0 unspecified atom stereocenters. The van der Waals surface area contributed by atoms with Gasteiger partial charge in [-0.3, -0.25) is 14.9 Å². The third-order valence-corrected chi connectivity index (χ3v) is 6.21. The predicted molar refractivity (Wildman–Crippen MR) is 104 cm³/mol. The second kappa shape index (κ2) is 7.45. The average Bonchev–Trinajstić information content (AvgIpc) is 3.03. The quantitative estimate of drug-likeness (QED) is 0.502. The Kier molecular flexibility index (Phi) is 5.24. The number of nitrogens with zero attached hydrogens (tertiary/aromatic N) is 1. The van der Waals surface area contributed by atoms with E-state index in [1.54, 1.807) is 11.3 Å². The van der Waals surface area contributed by atoms with E-state index in [0.717, 1.165) is 29.3 Å². The number of fused-ring (bicyclic) bond motifs is 1. The molecule has 9 heteroatoms. The summed E-state index contributed by atoms with van der Waals surface area (Å²) in [6, 6.07) is 11.3. The Hall–Kier alpha value is -2.78. The van der Waals surface area contributed by atoms with E-state index in [0.29, 0.717) is 13.0 Å². The van der Waals surface area contributed by atoms with Crippen LogP contribution in [0.3, 0.4) is 0 Å². The first kappa shape index (κ1) is 19.0. The summed E-state index contributed by atoms with van der Waals surface area (Å²) in [7, 11) is -3.76. The maximum Gasteiger partial charge on any atom is 0.288 e. The number of thiophene rings is 1. The molecular formula is C18H16N2O5S2. The van der Waals surface area contributed by atoms with Gasteiger partial charge in [0.2, 0.25) is 0 Å². The molecular weight excluding hydrogens is 388 g/mol. The van der Waals surface area contributed by atoms with E-state index >= 15 is 0 Å². The van der Waals surface area contributed by atoms with Gasteiger partial charge in [0.05, 0.1) is 4.92 Å². The Balaban J connectivity index is 1.73. The van der Waals surface area contributed by atoms with E-state index in [1.165, 1.54) is 10.8 Å². The van der Waals surface area contributed by atoms with E-state index in [4.69, 9.17) is 0 Å². The number of benzene rings is 2. The minimum absolute atomic E-state index is 0.0456. The van der Waals surface area contributed by atoms with Crippen LogP contribution in [0.4, 0.5) is 5.69 Å². The van der Waals surface area contributed by atoms with Crippen molar-refractivity contribution in [1.29, 1.82) is 0 Å². The van der Waals surface area contributed by atoms with E-state index in [1.807, 2.05) is 29.6 Å². The topological polar surface area (TPSA) is 106 Å². The fourth-order valence-electron chi connectivity index (χ4n) is 2.75. The fraction of sp³-hybridized carbons (Fsp3) is 0.167. The van der Waals surface area contributed by atoms with Crippen LogP contribution in [0.15, 0.2) is 52.7 Å². The van der Waals surface area contributed by atoms with E-state index in [9.17, 15) is 23.3 Å². The molecule has 0 aliphatic rings. The van der Waals surface area contributed by atoms with Crippen molar-refractivity contribution in [3.05, 3.63) is 69.1 Å². The van der Waals surface area contributed by atoms with Crippen LogP contribution >= 0.6 is 11.3 Å². The first-order chi connectivity index (χ1) is 12.8. The molecule has 0 spiro atoms. The van der Waals surface area contributed by atoms with Crippen LogP contribution in [0.2, 0.25) is 0 Å². The third-order valence-electron chi connectivity index (χ3n) is 4.06. The molecule has 2 aromatic carbocycles. The van der Waals surface area contributed by atoms with Crippen molar-refractivity contribution in [3.8, 4) is 0 Å². The summed E-state index contributed by atoms with van der Waals surface area (Å²) in [4.78, 5) is 22.2. The van der Waals surface area contributed by atoms with Gasteiger partial charge in [0, 0.05) is 29.1 Å². The summed E-state index contributed by atoms with van der Waals surface area (Å²) < 4.78 is 24.5. The lowest BCUT2D eigenvalue weighted by Crippen LogP contribution is -2.25. The Bertz CT molecular complexity index is 1140. The van der Waals surface area contributed by atoms with E-state index < -0.39 is 31.3 Å². The van der Waals surface area contributed by atoms with Gasteiger partial charge >= 0.3 is 0 Å². The molecule has 0 aliphatic heterocycles. The molecule has 3 rings (SSSR count). The summed E-state index contributed by atoms with van der Waals surface area (Å²) in [5, 5.41) is 17.1. The monoisotopic (exact) mass is 404 g/mol. The second-order valence-corrected chi connectivity index (χ2v) is 8.87. The lowest BCUT2D eigenvalue weighted by molar-refractivity contribution is -0.387. The summed E-state index contributed by atoms with van der Waals surface area (Å²) in [6.07, 6.45) is 1.51. The third kappa shape index (κ3) is 4.15. The molecule has 0 saturated carbocycles. The standard InChI is InChI=1S/C18H16N2O5S2/c1-27(24,25)17-7-6-12(10-15(17)20(22)23)18(21)19-9-8-13-11-26-16-5-3-2-4-14(13)16/h2-7,10-11H,8-9H2,1H3,(H,19,21). The molecule has 3 aromatic rings. The Morgan fingerprint density at radius 2 is 1.96 bits per heavy atom. The van der Waals surface area contributed by atoms with Gasteiger partial charge in [0.15, 0.2) is 9.84 Å². The van der Waals surface area contributed by atoms with Crippen molar-refractivity contribution in [2.24, 2.45) is 0 Å². The molecule has 27 heavy (non-hydrogen) atoms. The molecule has 1 N–H and O–H groups in total. The van der Waals surface area contributed by atoms with Crippen molar-refractivity contribution < 1.29 is 18.1 Å². The van der Waals surface area contributed by atoms with Crippen LogP contribution < -0.4 is 5.32 Å². The van der Waals surface area contributed by atoms with Gasteiger partial charge in [-0.05, 0) is 40.9 Å². The highest BCUT2D eigenvalue weighted by Gasteiger charge is 2.23. The summed E-state index contributed by atoms with van der Waals surface area (Å²) in [5.74, 6) is -0.488. The van der Waals surface area contributed by atoms with Crippen molar-refractivity contribution in [2.45, 2.75) is 11.3 Å². The van der Waals surface area contributed by atoms with Crippen LogP contribution in [0.5, 0.6) is 0 Å². The van der Waals surface area contributed by atoms with Gasteiger partial charge in [-0.15, -0.1) is 11.3 Å². The molecule has 0 bridgehead atoms. The molecule has 7 nitrogen and oxygen atoms in total. The highest BCUT2D eigenvalue weighted by atomic mass is 32.2. The van der Waals surface area contributed by atoms with Crippen LogP contribution in [-0.2, 0) is 16.3 Å². The maximum atomic E-state index is 12.3. The maximum absolute atomic E-state index is 12.3. The fourth-order valence-corrected chi connectivity index (χ4v) is 4.58. The van der Waals surface area contributed by atoms with Crippen LogP contribution in [0, 0.1) is 10.1 Å². The Morgan fingerprint density at radius 3 is 2.67 bits per heavy atom. The molecule has 0 saturated heterocycles. The van der Waals surface area contributed by atoms with Crippen molar-refractivity contribution in [3.63, 3.8) is 0 Å². The molecule has 0 aliphatic carbocycles. The number of nitro benzene ring substituents is 1. The van der Waals surface area contributed by atoms with Gasteiger partial charge in [0.1, 0.15) is 4.90 Å². The van der Waals surface area contributed by atoms with Gasteiger partial charge in [-0.2, -0.15) is 0 Å². The van der Waals surface area contributed by atoms with Crippen molar-refractivity contribution >= 4 is 42.9 Å². The number of sulfone groups is 1. The number of hydrogen-bond donors (Lipinski definition) is 1. The summed E-state index contributed by atoms with van der Waals surface area (Å²) in [6.45, 7) is 0.362. The largest absolute Gasteiger partial charge is 0.352 e. The summed E-state index contributed by atoms with van der Waals surface area (Å²) in [5.41, 5.74) is 0.563. The molecule has 1 amide bonds. The van der Waals surface area contributed by atoms with Crippen LogP contribution in [-0.4, -0.2) is 32.0 Å². The van der Waals surface area contributed by atoms with Crippen molar-refractivity contribution in [1.82, 2.24) is 5.32 Å². The van der Waals surface area contributed by atoms with E-state index in [2.05, 4.69) is 5.32 Å². The lowest BCUT2D eigenvalue weighted by atomic mass is 10.1. The number of nitrogens with one attached hydrogen (secondary N) is 1. The number of amides is 1. The zero-order valence-corrected chi connectivity index (χ0v) is 16.0. The summed E-state index contributed by atoms with van der Waals surface area (Å²) >= 11 is 1.63.